The molecule has 7 nitrogen and oxygen atoms in total. The lowest BCUT2D eigenvalue weighted by atomic mass is 10.0. The van der Waals surface area contributed by atoms with Gasteiger partial charge in [-0.05, 0) is 31.4 Å². The molecule has 0 radical (unpaired) electrons. The maximum Gasteiger partial charge on any atom is 0.226 e. The molecule has 2 aromatic rings. The Hall–Kier alpha value is -1.77. The maximum atomic E-state index is 12.7. The van der Waals surface area contributed by atoms with Gasteiger partial charge in [-0.1, -0.05) is 13.8 Å². The van der Waals surface area contributed by atoms with E-state index in [0.717, 1.165) is 50.7 Å². The van der Waals surface area contributed by atoms with E-state index < -0.39 is 0 Å². The normalized spacial score (nSPS) is 21.2. The second kappa shape index (κ2) is 8.93. The van der Waals surface area contributed by atoms with Gasteiger partial charge in [0.1, 0.15) is 5.82 Å². The molecular weight excluding hydrogens is 386 g/mol. The zero-order chi connectivity index (χ0) is 20.4. The lowest BCUT2D eigenvalue weighted by Crippen LogP contribution is -2.38. The smallest absolute Gasteiger partial charge is 0.226 e. The summed E-state index contributed by atoms with van der Waals surface area (Å²) in [5.74, 6) is 2.17. The van der Waals surface area contributed by atoms with Crippen molar-refractivity contribution in [2.45, 2.75) is 52.7 Å². The van der Waals surface area contributed by atoms with E-state index in [1.54, 1.807) is 0 Å². The number of thiophene rings is 1. The first-order valence-electron chi connectivity index (χ1n) is 10.6. The fraction of sp³-hybridized carbons (Fsp3) is 0.667. The van der Waals surface area contributed by atoms with Gasteiger partial charge in [-0.15, -0.1) is 21.5 Å². The van der Waals surface area contributed by atoms with Crippen molar-refractivity contribution in [1.82, 2.24) is 25.0 Å². The summed E-state index contributed by atoms with van der Waals surface area (Å²) in [6, 6.07) is 4.29. The maximum absolute atomic E-state index is 12.7. The number of carbonyl (C=O) groups is 1. The molecule has 2 atom stereocenters. The minimum absolute atomic E-state index is 0.0486. The minimum atomic E-state index is -0.129. The van der Waals surface area contributed by atoms with Crippen molar-refractivity contribution in [3.05, 3.63) is 33.5 Å². The number of aromatic nitrogens is 3. The van der Waals surface area contributed by atoms with Crippen LogP contribution in [0.4, 0.5) is 0 Å². The van der Waals surface area contributed by atoms with Crippen LogP contribution in [0, 0.1) is 18.8 Å². The molecule has 29 heavy (non-hydrogen) atoms. The Morgan fingerprint density at radius 3 is 2.86 bits per heavy atom. The number of rotatable bonds is 6. The zero-order valence-corrected chi connectivity index (χ0v) is 18.4. The van der Waals surface area contributed by atoms with E-state index >= 15 is 0 Å². The van der Waals surface area contributed by atoms with Gasteiger partial charge >= 0.3 is 0 Å². The van der Waals surface area contributed by atoms with Gasteiger partial charge in [-0.2, -0.15) is 0 Å². The van der Waals surface area contributed by atoms with Crippen molar-refractivity contribution >= 4 is 17.2 Å². The van der Waals surface area contributed by atoms with Crippen molar-refractivity contribution in [2.75, 3.05) is 26.3 Å². The van der Waals surface area contributed by atoms with Crippen LogP contribution in [0.2, 0.25) is 0 Å². The van der Waals surface area contributed by atoms with Crippen LogP contribution in [0.1, 0.15) is 47.7 Å². The molecule has 2 aliphatic rings. The summed E-state index contributed by atoms with van der Waals surface area (Å²) in [6.45, 7) is 11.4. The van der Waals surface area contributed by atoms with Gasteiger partial charge in [0.25, 0.3) is 0 Å². The molecule has 158 valence electrons. The third kappa shape index (κ3) is 4.70. The van der Waals surface area contributed by atoms with Crippen LogP contribution in [-0.4, -0.2) is 51.9 Å². The van der Waals surface area contributed by atoms with E-state index in [2.05, 4.69) is 57.9 Å². The molecule has 2 aromatic heterocycles. The van der Waals surface area contributed by atoms with Gasteiger partial charge in [0.2, 0.25) is 5.91 Å². The van der Waals surface area contributed by atoms with Gasteiger partial charge < -0.3 is 14.6 Å². The number of aryl methyl sites for hydroxylation is 1. The summed E-state index contributed by atoms with van der Waals surface area (Å²) in [6.07, 6.45) is 1.68. The number of carbonyl (C=O) groups excluding carboxylic acids is 1. The molecule has 4 heterocycles. The molecule has 1 fully saturated rings. The standard InChI is InChI=1S/C21H31N5O2S/c1-14(2)19(22-21(27)16-7-11-28-13-16)20-24-23-18-6-8-25(9-10-26(18)20)12-17-5-4-15(3)29-17/h4-5,14,16,19H,6-13H2,1-3H3,(H,22,27)/t16-,19+/m0/s1. The summed E-state index contributed by atoms with van der Waals surface area (Å²) >= 11 is 1.87. The van der Waals surface area contributed by atoms with Crippen LogP contribution in [0.25, 0.3) is 0 Å². The van der Waals surface area contributed by atoms with E-state index in [1.165, 1.54) is 9.75 Å². The number of hydrogen-bond acceptors (Lipinski definition) is 6. The number of ether oxygens (including phenoxy) is 1. The molecule has 0 aromatic carbocycles. The number of nitrogens with zero attached hydrogens (tertiary/aromatic N) is 4. The quantitative estimate of drug-likeness (QED) is 0.782. The highest BCUT2D eigenvalue weighted by molar-refractivity contribution is 7.11. The summed E-state index contributed by atoms with van der Waals surface area (Å²) < 4.78 is 7.61. The number of fused-ring (bicyclic) bond motifs is 1. The predicted octanol–water partition coefficient (Wildman–Crippen LogP) is 2.56. The van der Waals surface area contributed by atoms with E-state index in [1.807, 2.05) is 11.3 Å². The SMILES string of the molecule is Cc1ccc(CN2CCc3nnc([C@H](NC(=O)[C@H]4CCOC4)C(C)C)n3CC2)s1. The molecule has 1 saturated heterocycles. The molecule has 0 unspecified atom stereocenters. The van der Waals surface area contributed by atoms with Crippen molar-refractivity contribution in [2.24, 2.45) is 11.8 Å². The molecular formula is C21H31N5O2S. The Morgan fingerprint density at radius 1 is 1.31 bits per heavy atom. The summed E-state index contributed by atoms with van der Waals surface area (Å²) in [7, 11) is 0. The van der Waals surface area contributed by atoms with Gasteiger partial charge in [0.05, 0.1) is 18.6 Å². The minimum Gasteiger partial charge on any atom is -0.381 e. The molecule has 8 heteroatoms. The van der Waals surface area contributed by atoms with E-state index in [4.69, 9.17) is 4.74 Å². The van der Waals surface area contributed by atoms with E-state index in [-0.39, 0.29) is 23.8 Å². The number of amides is 1. The molecule has 1 amide bonds. The lowest BCUT2D eigenvalue weighted by Gasteiger charge is -2.24. The highest BCUT2D eigenvalue weighted by Crippen LogP contribution is 2.25. The summed E-state index contributed by atoms with van der Waals surface area (Å²) in [4.78, 5) is 17.9. The fourth-order valence-corrected chi connectivity index (χ4v) is 5.04. The van der Waals surface area contributed by atoms with Gasteiger partial charge in [-0.25, -0.2) is 0 Å². The van der Waals surface area contributed by atoms with Crippen molar-refractivity contribution < 1.29 is 9.53 Å². The summed E-state index contributed by atoms with van der Waals surface area (Å²) in [5, 5.41) is 12.2. The topological polar surface area (TPSA) is 72.3 Å². The van der Waals surface area contributed by atoms with E-state index in [0.29, 0.717) is 13.2 Å². The first kappa shape index (κ1) is 20.5. The van der Waals surface area contributed by atoms with Crippen LogP contribution in [0.15, 0.2) is 12.1 Å². The second-order valence-corrected chi connectivity index (χ2v) is 9.83. The third-order valence-electron chi connectivity index (χ3n) is 5.87. The molecule has 0 saturated carbocycles. The van der Waals surface area contributed by atoms with Crippen molar-refractivity contribution in [3.8, 4) is 0 Å². The van der Waals surface area contributed by atoms with Gasteiger partial charge in [0.15, 0.2) is 5.82 Å². The Labute approximate surface area is 176 Å². The number of nitrogens with one attached hydrogen (secondary N) is 1. The average molecular weight is 418 g/mol. The molecule has 0 aliphatic carbocycles. The van der Waals surface area contributed by atoms with Crippen LogP contribution in [-0.2, 0) is 29.0 Å². The van der Waals surface area contributed by atoms with E-state index in [9.17, 15) is 4.79 Å². The van der Waals surface area contributed by atoms with Gasteiger partial charge in [-0.3, -0.25) is 9.69 Å². The predicted molar refractivity (Wildman–Crippen MR) is 113 cm³/mol. The lowest BCUT2D eigenvalue weighted by molar-refractivity contribution is -0.126. The molecule has 1 N–H and O–H groups in total. The first-order valence-corrected chi connectivity index (χ1v) is 11.4. The largest absolute Gasteiger partial charge is 0.381 e. The highest BCUT2D eigenvalue weighted by atomic mass is 32.1. The molecule has 4 rings (SSSR count). The average Bonchev–Trinajstić information content (AvgIpc) is 3.41. The second-order valence-electron chi connectivity index (χ2n) is 8.46. The fourth-order valence-electron chi connectivity index (χ4n) is 4.11. The third-order valence-corrected chi connectivity index (χ3v) is 6.85. The number of hydrogen-bond donors (Lipinski definition) is 1. The Morgan fingerprint density at radius 2 is 2.17 bits per heavy atom. The summed E-state index contributed by atoms with van der Waals surface area (Å²) in [5.41, 5.74) is 0. The zero-order valence-electron chi connectivity index (χ0n) is 17.6. The monoisotopic (exact) mass is 417 g/mol. The molecule has 0 spiro atoms. The molecule has 0 bridgehead atoms. The van der Waals surface area contributed by atoms with Crippen LogP contribution in [0.3, 0.4) is 0 Å². The van der Waals surface area contributed by atoms with Crippen molar-refractivity contribution in [3.63, 3.8) is 0 Å². The Balaban J connectivity index is 1.46. The van der Waals surface area contributed by atoms with Crippen molar-refractivity contribution in [1.29, 1.82) is 0 Å². The highest BCUT2D eigenvalue weighted by Gasteiger charge is 2.31. The van der Waals surface area contributed by atoms with Crippen LogP contribution >= 0.6 is 11.3 Å². The molecule has 2 aliphatic heterocycles. The van der Waals surface area contributed by atoms with Crippen LogP contribution < -0.4 is 5.32 Å². The Bertz CT molecular complexity index is 840. The Kier molecular flexibility index (Phi) is 6.32. The van der Waals surface area contributed by atoms with Crippen LogP contribution in [0.5, 0.6) is 0 Å². The van der Waals surface area contributed by atoms with Gasteiger partial charge in [0, 0.05) is 49.0 Å². The first-order chi connectivity index (χ1) is 14.0.